The van der Waals surface area contributed by atoms with Gasteiger partial charge in [-0.25, -0.2) is 4.39 Å². The van der Waals surface area contributed by atoms with Crippen molar-refractivity contribution in [1.29, 1.82) is 5.41 Å². The van der Waals surface area contributed by atoms with Crippen molar-refractivity contribution in [2.75, 3.05) is 64.8 Å². The minimum Gasteiger partial charge on any atom is -0.397 e. The van der Waals surface area contributed by atoms with E-state index >= 15 is 0 Å². The fourth-order valence-corrected chi connectivity index (χ4v) is 5.52. The van der Waals surface area contributed by atoms with Crippen molar-refractivity contribution >= 4 is 35.5 Å². The fraction of sp³-hybridized carbons (Fsp3) is 0.317. The van der Waals surface area contributed by atoms with Crippen LogP contribution in [0.1, 0.15) is 51.4 Å². The number of hydrogen-bond donors (Lipinski definition) is 5. The van der Waals surface area contributed by atoms with E-state index in [1.54, 1.807) is 29.2 Å². The molecule has 0 spiro atoms. The summed E-state index contributed by atoms with van der Waals surface area (Å²) in [5.74, 6) is -1.90. The first-order valence-electron chi connectivity index (χ1n) is 18.1. The number of nitrogens with zero attached hydrogens (tertiary/aromatic N) is 3. The molecule has 3 aromatic carbocycles. The zero-order chi connectivity index (χ0) is 40.2. The number of nitrogens with one attached hydrogen (secondary N) is 3. The number of piperazine rings is 1. The van der Waals surface area contributed by atoms with Gasteiger partial charge < -0.3 is 42.0 Å². The second-order valence-corrected chi connectivity index (χ2v) is 12.2. The molecule has 1 aliphatic rings. The number of nitrogens with two attached hydrogens (primary N) is 2. The number of rotatable bonds is 15. The molecule has 7 N–H and O–H groups in total. The van der Waals surface area contributed by atoms with Crippen LogP contribution < -0.4 is 22.1 Å². The van der Waals surface area contributed by atoms with E-state index in [9.17, 15) is 23.6 Å². The molecule has 0 bridgehead atoms. The van der Waals surface area contributed by atoms with Crippen LogP contribution in [0.5, 0.6) is 0 Å². The number of benzene rings is 3. The second kappa shape index (κ2) is 22.9. The standard InChI is InChI=1S/C27H33FN6O5.C12H12N2.C2H6/c28-23-6-5-19(16-24(29)20-3-1-2-4-21(20)26(30)37)15-22(23)27(38)34-11-9-33(10-12-34)25(36)17-31-7-13-39-14-8-32-18-35;1-9-12(13)7-11(8-14-9)10-5-3-2-4-6-10;1-2/h1-6,15,18,29,31H,7-14,16-17H2,(H2,30,37)(H,32,35);2-8H,13H2,1H3;1-2H3. The van der Waals surface area contributed by atoms with Crippen LogP contribution in [-0.2, 0) is 20.7 Å². The fourth-order valence-electron chi connectivity index (χ4n) is 5.52. The molecule has 0 aliphatic carbocycles. The molecule has 4 amide bonds. The number of aromatic nitrogens is 1. The molecule has 0 saturated carbocycles. The Morgan fingerprint density at radius 1 is 0.873 bits per heavy atom. The molecule has 4 aromatic rings. The number of carbonyl (C=O) groups excluding carboxylic acids is 4. The molecule has 13 nitrogen and oxygen atoms in total. The zero-order valence-electron chi connectivity index (χ0n) is 31.6. The van der Waals surface area contributed by atoms with Gasteiger partial charge in [0, 0.05) is 74.3 Å². The van der Waals surface area contributed by atoms with Gasteiger partial charge in [0.1, 0.15) is 5.82 Å². The van der Waals surface area contributed by atoms with Gasteiger partial charge in [0.05, 0.1) is 36.7 Å². The molecule has 14 heteroatoms. The van der Waals surface area contributed by atoms with E-state index in [2.05, 4.69) is 15.6 Å². The van der Waals surface area contributed by atoms with Crippen LogP contribution >= 0.6 is 0 Å². The number of primary amides is 1. The zero-order valence-corrected chi connectivity index (χ0v) is 31.6. The maximum Gasteiger partial charge on any atom is 0.256 e. The average Bonchev–Trinajstić information content (AvgIpc) is 3.21. The Kier molecular flexibility index (Phi) is 18.1. The number of amides is 4. The number of carbonyl (C=O) groups is 4. The Morgan fingerprint density at radius 2 is 1.51 bits per heavy atom. The largest absolute Gasteiger partial charge is 0.397 e. The Hall–Kier alpha value is -5.99. The van der Waals surface area contributed by atoms with Crippen molar-refractivity contribution < 1.29 is 28.3 Å². The van der Waals surface area contributed by atoms with Crippen molar-refractivity contribution in [1.82, 2.24) is 25.4 Å². The van der Waals surface area contributed by atoms with Gasteiger partial charge in [0.15, 0.2) is 0 Å². The number of ether oxygens (including phenoxy) is 1. The van der Waals surface area contributed by atoms with Gasteiger partial charge in [-0.15, -0.1) is 0 Å². The molecule has 55 heavy (non-hydrogen) atoms. The van der Waals surface area contributed by atoms with Gasteiger partial charge in [-0.2, -0.15) is 0 Å². The lowest BCUT2D eigenvalue weighted by atomic mass is 9.96. The quantitative estimate of drug-likeness (QED) is 0.0686. The van der Waals surface area contributed by atoms with E-state index < -0.39 is 17.6 Å². The summed E-state index contributed by atoms with van der Waals surface area (Å²) in [6.45, 7) is 8.92. The summed E-state index contributed by atoms with van der Waals surface area (Å²) in [4.78, 5) is 54.8. The lowest BCUT2D eigenvalue weighted by Gasteiger charge is -2.35. The second-order valence-electron chi connectivity index (χ2n) is 12.2. The molecule has 1 fully saturated rings. The summed E-state index contributed by atoms with van der Waals surface area (Å²) in [5, 5.41) is 13.9. The summed E-state index contributed by atoms with van der Waals surface area (Å²) in [7, 11) is 0. The predicted molar refractivity (Wildman–Crippen MR) is 212 cm³/mol. The smallest absolute Gasteiger partial charge is 0.256 e. The molecule has 2 heterocycles. The number of hydrogen-bond acceptors (Lipinski definition) is 9. The van der Waals surface area contributed by atoms with Crippen LogP contribution in [0, 0.1) is 18.2 Å². The van der Waals surface area contributed by atoms with Crippen molar-refractivity contribution in [2.24, 2.45) is 5.73 Å². The third kappa shape index (κ3) is 13.4. The van der Waals surface area contributed by atoms with Crippen LogP contribution in [-0.4, -0.2) is 104 Å². The van der Waals surface area contributed by atoms with E-state index in [0.29, 0.717) is 56.9 Å². The highest BCUT2D eigenvalue weighted by atomic mass is 19.1. The molecule has 0 radical (unpaired) electrons. The summed E-state index contributed by atoms with van der Waals surface area (Å²) >= 11 is 0. The Morgan fingerprint density at radius 3 is 2.16 bits per heavy atom. The highest BCUT2D eigenvalue weighted by Crippen LogP contribution is 2.21. The van der Waals surface area contributed by atoms with E-state index in [1.807, 2.05) is 63.4 Å². The summed E-state index contributed by atoms with van der Waals surface area (Å²) in [6, 6.07) is 22.7. The minimum absolute atomic E-state index is 0.0841. The lowest BCUT2D eigenvalue weighted by Crippen LogP contribution is -2.52. The predicted octanol–water partition coefficient (Wildman–Crippen LogP) is 3.84. The molecule has 1 aromatic heterocycles. The third-order valence-corrected chi connectivity index (χ3v) is 8.49. The summed E-state index contributed by atoms with van der Waals surface area (Å²) < 4.78 is 19.9. The van der Waals surface area contributed by atoms with Crippen LogP contribution in [0.15, 0.2) is 85.1 Å². The van der Waals surface area contributed by atoms with Crippen LogP contribution in [0.2, 0.25) is 0 Å². The van der Waals surface area contributed by atoms with Gasteiger partial charge in [-0.3, -0.25) is 24.2 Å². The van der Waals surface area contributed by atoms with Gasteiger partial charge in [-0.05, 0) is 42.3 Å². The van der Waals surface area contributed by atoms with E-state index in [-0.39, 0.29) is 48.8 Å². The van der Waals surface area contributed by atoms with Crippen molar-refractivity contribution in [2.45, 2.75) is 27.2 Å². The Balaban J connectivity index is 0.000000420. The van der Waals surface area contributed by atoms with Crippen molar-refractivity contribution in [3.8, 4) is 11.1 Å². The molecule has 1 saturated heterocycles. The maximum atomic E-state index is 14.6. The molecule has 1 aliphatic heterocycles. The molecule has 0 unspecified atom stereocenters. The van der Waals surface area contributed by atoms with Crippen molar-refractivity contribution in [3.05, 3.63) is 119 Å². The SMILES string of the molecule is CC.Cc1ncc(-c2ccccc2)cc1N.N=C(Cc1ccc(F)c(C(=O)N2CCN(C(=O)CNCCOCCNC=O)CC2)c1)c1ccccc1C(N)=O. The van der Waals surface area contributed by atoms with Crippen LogP contribution in [0.4, 0.5) is 10.1 Å². The molecule has 292 valence electrons. The first kappa shape index (κ1) is 43.4. The monoisotopic (exact) mass is 754 g/mol. The lowest BCUT2D eigenvalue weighted by molar-refractivity contribution is -0.131. The first-order valence-corrected chi connectivity index (χ1v) is 18.1. The average molecular weight is 755 g/mol. The highest BCUT2D eigenvalue weighted by molar-refractivity contribution is 6.09. The van der Waals surface area contributed by atoms with Gasteiger partial charge in [-0.1, -0.05) is 68.4 Å². The maximum absolute atomic E-state index is 14.6. The number of anilines is 1. The Bertz CT molecular complexity index is 1880. The van der Waals surface area contributed by atoms with E-state index in [4.69, 9.17) is 21.6 Å². The van der Waals surface area contributed by atoms with Crippen LogP contribution in [0.25, 0.3) is 11.1 Å². The highest BCUT2D eigenvalue weighted by Gasteiger charge is 2.26. The van der Waals surface area contributed by atoms with E-state index in [0.717, 1.165) is 22.5 Å². The third-order valence-electron chi connectivity index (χ3n) is 8.49. The van der Waals surface area contributed by atoms with Gasteiger partial charge in [0.2, 0.25) is 18.2 Å². The number of nitrogen functional groups attached to an aromatic ring is 1. The van der Waals surface area contributed by atoms with E-state index in [1.165, 1.54) is 23.1 Å². The van der Waals surface area contributed by atoms with Crippen molar-refractivity contribution in [3.63, 3.8) is 0 Å². The first-order chi connectivity index (χ1) is 26.6. The summed E-state index contributed by atoms with van der Waals surface area (Å²) in [5.41, 5.74) is 16.2. The van der Waals surface area contributed by atoms with Crippen LogP contribution in [0.3, 0.4) is 0 Å². The number of pyridine rings is 1. The normalized spacial score (nSPS) is 12.0. The summed E-state index contributed by atoms with van der Waals surface area (Å²) in [6.07, 6.45) is 2.53. The van der Waals surface area contributed by atoms with Gasteiger partial charge in [0.25, 0.3) is 5.91 Å². The molecule has 5 rings (SSSR count). The van der Waals surface area contributed by atoms with Gasteiger partial charge >= 0.3 is 0 Å². The number of halogens is 1. The molecular weight excluding hydrogens is 704 g/mol. The Labute approximate surface area is 321 Å². The molecular formula is C41H51FN8O5. The number of aryl methyl sites for hydroxylation is 1. The topological polar surface area (TPSA) is 197 Å². The molecule has 0 atom stereocenters. The minimum atomic E-state index is -0.667.